The van der Waals surface area contributed by atoms with E-state index in [0.29, 0.717) is 11.6 Å². The lowest BCUT2D eigenvalue weighted by Gasteiger charge is -2.11. The van der Waals surface area contributed by atoms with Gasteiger partial charge in [-0.25, -0.2) is 4.98 Å². The number of aromatic nitrogens is 3. The molecule has 7 aromatic rings. The highest BCUT2D eigenvalue weighted by Crippen LogP contribution is 2.35. The minimum absolute atomic E-state index is 0.155. The van der Waals surface area contributed by atoms with Crippen molar-refractivity contribution in [1.29, 1.82) is 0 Å². The van der Waals surface area contributed by atoms with Crippen LogP contribution in [0.15, 0.2) is 101 Å². The molecule has 4 nitrogen and oxygen atoms in total. The van der Waals surface area contributed by atoms with Crippen molar-refractivity contribution in [1.82, 2.24) is 15.0 Å². The van der Waals surface area contributed by atoms with Crippen LogP contribution in [-0.4, -0.2) is 15.0 Å². The van der Waals surface area contributed by atoms with Gasteiger partial charge in [-0.1, -0.05) is 72.8 Å². The molecule has 0 unspecified atom stereocenters. The van der Waals surface area contributed by atoms with Crippen molar-refractivity contribution in [3.8, 4) is 22.8 Å². The van der Waals surface area contributed by atoms with Crippen LogP contribution in [0.2, 0.25) is 5.28 Å². The number of hydrogen-bond donors (Lipinski definition) is 0. The third-order valence-corrected chi connectivity index (χ3v) is 6.42. The standard InChI is InChI=1S/C29H16ClN3O/c30-29-32-27(18-13-14-23-22-11-5-6-12-25(22)34-26(23)16-18)31-28(33-29)24-15-17-7-1-2-8-19(17)20-9-3-4-10-21(20)24/h1-16H. The monoisotopic (exact) mass is 457 g/mol. The summed E-state index contributed by atoms with van der Waals surface area (Å²) in [6, 6.07) is 32.8. The predicted molar refractivity (Wildman–Crippen MR) is 138 cm³/mol. The van der Waals surface area contributed by atoms with Gasteiger partial charge in [-0.05, 0) is 57.4 Å². The molecule has 2 aromatic heterocycles. The maximum Gasteiger partial charge on any atom is 0.226 e. The van der Waals surface area contributed by atoms with Gasteiger partial charge in [0.2, 0.25) is 5.28 Å². The molecule has 0 atom stereocenters. The van der Waals surface area contributed by atoms with Crippen molar-refractivity contribution >= 4 is 55.1 Å². The van der Waals surface area contributed by atoms with E-state index in [-0.39, 0.29) is 5.28 Å². The highest BCUT2D eigenvalue weighted by atomic mass is 35.5. The van der Waals surface area contributed by atoms with Gasteiger partial charge in [-0.15, -0.1) is 0 Å². The molecule has 160 valence electrons. The lowest BCUT2D eigenvalue weighted by atomic mass is 9.97. The largest absolute Gasteiger partial charge is 0.456 e. The van der Waals surface area contributed by atoms with Crippen molar-refractivity contribution in [3.05, 3.63) is 102 Å². The average molecular weight is 458 g/mol. The van der Waals surface area contributed by atoms with E-state index in [1.807, 2.05) is 54.6 Å². The summed E-state index contributed by atoms with van der Waals surface area (Å²) in [6.45, 7) is 0. The number of halogens is 1. The van der Waals surface area contributed by atoms with Gasteiger partial charge in [-0.3, -0.25) is 0 Å². The second-order valence-corrected chi connectivity index (χ2v) is 8.59. The molecule has 5 heteroatoms. The average Bonchev–Trinajstić information content (AvgIpc) is 3.26. The molecule has 0 saturated carbocycles. The molecule has 0 bridgehead atoms. The maximum atomic E-state index is 6.42. The van der Waals surface area contributed by atoms with Gasteiger partial charge in [0.25, 0.3) is 0 Å². The first-order chi connectivity index (χ1) is 16.7. The molecule has 5 aromatic carbocycles. The SMILES string of the molecule is Clc1nc(-c2ccc3c(c2)oc2ccccc23)nc(-c2cc3ccccc3c3ccccc23)n1. The van der Waals surface area contributed by atoms with Gasteiger partial charge < -0.3 is 4.42 Å². The zero-order chi connectivity index (χ0) is 22.6. The molecule has 0 radical (unpaired) electrons. The summed E-state index contributed by atoms with van der Waals surface area (Å²) in [5.41, 5.74) is 3.38. The Morgan fingerprint density at radius 2 is 1.21 bits per heavy atom. The summed E-state index contributed by atoms with van der Waals surface area (Å²) in [5.74, 6) is 1.05. The molecule has 7 rings (SSSR count). The number of furan rings is 1. The van der Waals surface area contributed by atoms with E-state index < -0.39 is 0 Å². The summed E-state index contributed by atoms with van der Waals surface area (Å²) < 4.78 is 6.06. The predicted octanol–water partition coefficient (Wildman–Crippen LogP) is 8.06. The Balaban J connectivity index is 1.45. The molecule has 0 aliphatic heterocycles. The van der Waals surface area contributed by atoms with Gasteiger partial charge in [0, 0.05) is 21.9 Å². The number of fused-ring (bicyclic) bond motifs is 6. The second kappa shape index (κ2) is 7.37. The third-order valence-electron chi connectivity index (χ3n) is 6.25. The number of para-hydroxylation sites is 1. The second-order valence-electron chi connectivity index (χ2n) is 8.25. The molecule has 0 fully saturated rings. The lowest BCUT2D eigenvalue weighted by molar-refractivity contribution is 0.669. The number of hydrogen-bond acceptors (Lipinski definition) is 4. The number of nitrogens with zero attached hydrogens (tertiary/aromatic N) is 3. The van der Waals surface area contributed by atoms with E-state index >= 15 is 0 Å². The van der Waals surface area contributed by atoms with Crippen LogP contribution in [0.1, 0.15) is 0 Å². The van der Waals surface area contributed by atoms with Crippen LogP contribution in [0.5, 0.6) is 0 Å². The molecule has 0 amide bonds. The first-order valence-corrected chi connectivity index (χ1v) is 11.4. The third kappa shape index (κ3) is 2.96. The molecule has 34 heavy (non-hydrogen) atoms. The molecular weight excluding hydrogens is 442 g/mol. The van der Waals surface area contributed by atoms with E-state index in [1.165, 1.54) is 5.39 Å². The van der Waals surface area contributed by atoms with E-state index in [9.17, 15) is 0 Å². The first-order valence-electron chi connectivity index (χ1n) is 11.0. The van der Waals surface area contributed by atoms with E-state index in [1.54, 1.807) is 0 Å². The van der Waals surface area contributed by atoms with Crippen molar-refractivity contribution in [2.45, 2.75) is 0 Å². The van der Waals surface area contributed by atoms with Gasteiger partial charge in [0.1, 0.15) is 11.2 Å². The molecule has 0 N–H and O–H groups in total. The molecule has 0 saturated heterocycles. The fourth-order valence-corrected chi connectivity index (χ4v) is 4.86. The summed E-state index contributed by atoms with van der Waals surface area (Å²) >= 11 is 6.42. The van der Waals surface area contributed by atoms with Crippen LogP contribution in [0.3, 0.4) is 0 Å². The Bertz CT molecular complexity index is 1890. The van der Waals surface area contributed by atoms with Crippen molar-refractivity contribution in [3.63, 3.8) is 0 Å². The van der Waals surface area contributed by atoms with Gasteiger partial charge in [0.15, 0.2) is 11.6 Å². The quantitative estimate of drug-likeness (QED) is 0.246. The molecule has 2 heterocycles. The fraction of sp³-hybridized carbons (Fsp3) is 0. The number of rotatable bonds is 2. The Hall–Kier alpha value is -4.28. The smallest absolute Gasteiger partial charge is 0.226 e. The van der Waals surface area contributed by atoms with Gasteiger partial charge in [-0.2, -0.15) is 9.97 Å². The fourth-order valence-electron chi connectivity index (χ4n) is 4.70. The molecule has 0 aliphatic rings. The minimum Gasteiger partial charge on any atom is -0.456 e. The topological polar surface area (TPSA) is 51.8 Å². The Labute approximate surface area is 199 Å². The van der Waals surface area contributed by atoms with Crippen molar-refractivity contribution < 1.29 is 4.42 Å². The Morgan fingerprint density at radius 3 is 2.09 bits per heavy atom. The zero-order valence-electron chi connectivity index (χ0n) is 17.9. The van der Waals surface area contributed by atoms with Crippen molar-refractivity contribution in [2.75, 3.05) is 0 Å². The maximum absolute atomic E-state index is 6.42. The lowest BCUT2D eigenvalue weighted by Crippen LogP contribution is -1.98. The highest BCUT2D eigenvalue weighted by molar-refractivity contribution is 6.28. The van der Waals surface area contributed by atoms with Crippen LogP contribution >= 0.6 is 11.6 Å². The van der Waals surface area contributed by atoms with Crippen LogP contribution < -0.4 is 0 Å². The zero-order valence-corrected chi connectivity index (χ0v) is 18.6. The normalized spacial score (nSPS) is 11.7. The van der Waals surface area contributed by atoms with E-state index in [4.69, 9.17) is 21.0 Å². The summed E-state index contributed by atoms with van der Waals surface area (Å²) in [7, 11) is 0. The first kappa shape index (κ1) is 19.2. The Morgan fingerprint density at radius 1 is 0.529 bits per heavy atom. The van der Waals surface area contributed by atoms with Gasteiger partial charge >= 0.3 is 0 Å². The molecule has 0 aliphatic carbocycles. The highest BCUT2D eigenvalue weighted by Gasteiger charge is 2.15. The summed E-state index contributed by atoms with van der Waals surface area (Å²) in [4.78, 5) is 13.8. The van der Waals surface area contributed by atoms with Crippen LogP contribution in [0, 0.1) is 0 Å². The Kier molecular flexibility index (Phi) is 4.16. The number of benzene rings is 5. The van der Waals surface area contributed by atoms with E-state index in [2.05, 4.69) is 52.4 Å². The van der Waals surface area contributed by atoms with Crippen LogP contribution in [0.25, 0.3) is 66.3 Å². The minimum atomic E-state index is 0.155. The van der Waals surface area contributed by atoms with Crippen molar-refractivity contribution in [2.24, 2.45) is 0 Å². The van der Waals surface area contributed by atoms with Crippen LogP contribution in [0.4, 0.5) is 0 Å². The molecule has 0 spiro atoms. The van der Waals surface area contributed by atoms with Crippen LogP contribution in [-0.2, 0) is 0 Å². The molecular formula is C29H16ClN3O. The summed E-state index contributed by atoms with van der Waals surface area (Å²) in [5, 5.41) is 6.83. The van der Waals surface area contributed by atoms with Gasteiger partial charge in [0.05, 0.1) is 0 Å². The van der Waals surface area contributed by atoms with E-state index in [0.717, 1.165) is 49.2 Å². The summed E-state index contributed by atoms with van der Waals surface area (Å²) in [6.07, 6.45) is 0.